The standard InChI is InChI=1S/C20H13N3O2/c21-9-10-25-19-8-4-1-5-14(19)11-15(12-22)20(24)17-13-23-18-7-3-2-6-16(17)18/h1-8,11,13,23H,10H2/b15-11+. The minimum absolute atomic E-state index is 0.00207. The van der Waals surface area contributed by atoms with Gasteiger partial charge in [0.1, 0.15) is 23.5 Å². The predicted molar refractivity (Wildman–Crippen MR) is 93.8 cm³/mol. The number of Topliss-reactive ketones (excluding diaryl/α,β-unsaturated/α-hetero) is 1. The Labute approximate surface area is 144 Å². The van der Waals surface area contributed by atoms with Crippen LogP contribution in [-0.4, -0.2) is 17.4 Å². The quantitative estimate of drug-likeness (QED) is 0.438. The van der Waals surface area contributed by atoms with Gasteiger partial charge in [0.2, 0.25) is 5.78 Å². The number of fused-ring (bicyclic) bond motifs is 1. The highest BCUT2D eigenvalue weighted by molar-refractivity contribution is 6.19. The van der Waals surface area contributed by atoms with E-state index in [1.165, 1.54) is 6.08 Å². The zero-order valence-corrected chi connectivity index (χ0v) is 13.2. The van der Waals surface area contributed by atoms with Crippen LogP contribution in [0.1, 0.15) is 15.9 Å². The molecule has 0 aliphatic rings. The maximum atomic E-state index is 12.8. The SMILES string of the molecule is N#CCOc1ccccc1/C=C(\C#N)C(=O)c1c[nH]c2ccccc12. The van der Waals surface area contributed by atoms with Crippen LogP contribution in [0.5, 0.6) is 5.75 Å². The Balaban J connectivity index is 2.01. The molecule has 0 saturated heterocycles. The number of carbonyl (C=O) groups is 1. The van der Waals surface area contributed by atoms with Crippen molar-refractivity contribution in [2.75, 3.05) is 6.61 Å². The Bertz CT molecular complexity index is 1050. The Morgan fingerprint density at radius 1 is 1.12 bits per heavy atom. The van der Waals surface area contributed by atoms with E-state index >= 15 is 0 Å². The molecule has 5 heteroatoms. The van der Waals surface area contributed by atoms with Gasteiger partial charge in [0.15, 0.2) is 6.61 Å². The van der Waals surface area contributed by atoms with Crippen molar-refractivity contribution >= 4 is 22.8 Å². The van der Waals surface area contributed by atoms with Crippen LogP contribution in [0, 0.1) is 22.7 Å². The molecule has 3 aromatic rings. The van der Waals surface area contributed by atoms with Gasteiger partial charge < -0.3 is 9.72 Å². The lowest BCUT2D eigenvalue weighted by atomic mass is 10.0. The molecule has 0 amide bonds. The summed E-state index contributed by atoms with van der Waals surface area (Å²) in [4.78, 5) is 15.8. The molecule has 0 atom stereocenters. The van der Waals surface area contributed by atoms with Gasteiger partial charge in [-0.1, -0.05) is 36.4 Å². The lowest BCUT2D eigenvalue weighted by Gasteiger charge is -2.06. The summed E-state index contributed by atoms with van der Waals surface area (Å²) in [5.41, 5.74) is 1.85. The number of ketones is 1. The number of para-hydroxylation sites is 2. The molecular formula is C20H13N3O2. The van der Waals surface area contributed by atoms with Gasteiger partial charge >= 0.3 is 0 Å². The zero-order chi connectivity index (χ0) is 17.6. The van der Waals surface area contributed by atoms with Crippen LogP contribution in [0.4, 0.5) is 0 Å². The van der Waals surface area contributed by atoms with E-state index in [1.807, 2.05) is 36.4 Å². The topological polar surface area (TPSA) is 89.7 Å². The van der Waals surface area contributed by atoms with E-state index in [9.17, 15) is 10.1 Å². The van der Waals surface area contributed by atoms with Gasteiger partial charge in [-0.2, -0.15) is 10.5 Å². The molecule has 25 heavy (non-hydrogen) atoms. The summed E-state index contributed by atoms with van der Waals surface area (Å²) in [7, 11) is 0. The first-order valence-corrected chi connectivity index (χ1v) is 7.56. The molecule has 0 fully saturated rings. The Kier molecular flexibility index (Phi) is 4.60. The molecule has 3 rings (SSSR count). The highest BCUT2D eigenvalue weighted by atomic mass is 16.5. The highest BCUT2D eigenvalue weighted by Gasteiger charge is 2.17. The lowest BCUT2D eigenvalue weighted by molar-refractivity contribution is 0.104. The average Bonchev–Trinajstić information content (AvgIpc) is 3.08. The van der Waals surface area contributed by atoms with E-state index in [0.717, 1.165) is 10.9 Å². The maximum Gasteiger partial charge on any atom is 0.205 e. The predicted octanol–water partition coefficient (Wildman–Crippen LogP) is 3.86. The molecule has 0 spiro atoms. The summed E-state index contributed by atoms with van der Waals surface area (Å²) >= 11 is 0. The normalized spacial score (nSPS) is 10.9. The van der Waals surface area contributed by atoms with Crippen LogP contribution in [0.3, 0.4) is 0 Å². The summed E-state index contributed by atoms with van der Waals surface area (Å²) in [6.07, 6.45) is 3.09. The second-order valence-electron chi connectivity index (χ2n) is 5.23. The van der Waals surface area contributed by atoms with Gasteiger partial charge in [0.05, 0.1) is 0 Å². The number of hydrogen-bond donors (Lipinski definition) is 1. The van der Waals surface area contributed by atoms with Gasteiger partial charge in [-0.3, -0.25) is 4.79 Å². The third-order valence-corrected chi connectivity index (χ3v) is 3.71. The van der Waals surface area contributed by atoms with E-state index in [-0.39, 0.29) is 18.0 Å². The van der Waals surface area contributed by atoms with E-state index < -0.39 is 0 Å². The molecular weight excluding hydrogens is 314 g/mol. The lowest BCUT2D eigenvalue weighted by Crippen LogP contribution is -2.02. The second kappa shape index (κ2) is 7.16. The molecule has 0 aliphatic carbocycles. The van der Waals surface area contributed by atoms with Gasteiger partial charge in [-0.25, -0.2) is 0 Å². The number of nitriles is 2. The number of carbonyl (C=O) groups excluding carboxylic acids is 1. The first kappa shape index (κ1) is 16.0. The molecule has 1 heterocycles. The molecule has 120 valence electrons. The van der Waals surface area contributed by atoms with Crippen molar-refractivity contribution in [3.05, 3.63) is 71.4 Å². The number of allylic oxidation sites excluding steroid dienone is 1. The number of aromatic amines is 1. The zero-order valence-electron chi connectivity index (χ0n) is 13.2. The molecule has 0 bridgehead atoms. The number of rotatable bonds is 5. The van der Waals surface area contributed by atoms with Crippen LogP contribution < -0.4 is 4.74 Å². The Hall–Kier alpha value is -3.83. The van der Waals surface area contributed by atoms with Crippen molar-refractivity contribution in [3.8, 4) is 17.9 Å². The van der Waals surface area contributed by atoms with Gasteiger partial charge in [-0.15, -0.1) is 0 Å². The van der Waals surface area contributed by atoms with Crippen molar-refractivity contribution in [3.63, 3.8) is 0 Å². The number of hydrogen-bond acceptors (Lipinski definition) is 4. The van der Waals surface area contributed by atoms with Crippen LogP contribution >= 0.6 is 0 Å². The minimum atomic E-state index is -0.366. The first-order chi connectivity index (χ1) is 12.2. The van der Waals surface area contributed by atoms with Crippen LogP contribution in [0.15, 0.2) is 60.3 Å². The number of benzene rings is 2. The highest BCUT2D eigenvalue weighted by Crippen LogP contribution is 2.24. The number of aromatic nitrogens is 1. The fourth-order valence-corrected chi connectivity index (χ4v) is 2.55. The van der Waals surface area contributed by atoms with Crippen LogP contribution in [0.25, 0.3) is 17.0 Å². The minimum Gasteiger partial charge on any atom is -0.478 e. The first-order valence-electron chi connectivity index (χ1n) is 7.56. The molecule has 0 radical (unpaired) electrons. The molecule has 2 aromatic carbocycles. The summed E-state index contributed by atoms with van der Waals surface area (Å²) in [5.74, 6) is 0.0820. The molecule has 0 aliphatic heterocycles. The van der Waals surface area contributed by atoms with Gasteiger partial charge in [0, 0.05) is 28.2 Å². The summed E-state index contributed by atoms with van der Waals surface area (Å²) in [6, 6.07) is 18.2. The molecule has 5 nitrogen and oxygen atoms in total. The summed E-state index contributed by atoms with van der Waals surface area (Å²) < 4.78 is 5.34. The Morgan fingerprint density at radius 3 is 2.68 bits per heavy atom. The smallest absolute Gasteiger partial charge is 0.205 e. The number of nitrogens with one attached hydrogen (secondary N) is 1. The van der Waals surface area contributed by atoms with E-state index in [4.69, 9.17) is 10.00 Å². The van der Waals surface area contributed by atoms with Crippen molar-refractivity contribution in [1.29, 1.82) is 10.5 Å². The van der Waals surface area contributed by atoms with E-state index in [1.54, 1.807) is 30.5 Å². The van der Waals surface area contributed by atoms with Gasteiger partial charge in [-0.05, 0) is 18.2 Å². The van der Waals surface area contributed by atoms with Crippen molar-refractivity contribution in [1.82, 2.24) is 4.98 Å². The number of H-pyrrole nitrogens is 1. The molecule has 1 N–H and O–H groups in total. The van der Waals surface area contributed by atoms with E-state index in [0.29, 0.717) is 16.9 Å². The van der Waals surface area contributed by atoms with Crippen LogP contribution in [0.2, 0.25) is 0 Å². The fraction of sp³-hybridized carbons (Fsp3) is 0.0500. The monoisotopic (exact) mass is 327 g/mol. The van der Waals surface area contributed by atoms with Crippen molar-refractivity contribution in [2.24, 2.45) is 0 Å². The van der Waals surface area contributed by atoms with Crippen molar-refractivity contribution < 1.29 is 9.53 Å². The number of nitrogens with zero attached hydrogens (tertiary/aromatic N) is 2. The average molecular weight is 327 g/mol. The Morgan fingerprint density at radius 2 is 1.88 bits per heavy atom. The molecule has 0 unspecified atom stereocenters. The maximum absolute atomic E-state index is 12.8. The van der Waals surface area contributed by atoms with Gasteiger partial charge in [0.25, 0.3) is 0 Å². The van der Waals surface area contributed by atoms with Crippen LogP contribution in [-0.2, 0) is 0 Å². The van der Waals surface area contributed by atoms with E-state index in [2.05, 4.69) is 4.98 Å². The third-order valence-electron chi connectivity index (χ3n) is 3.71. The largest absolute Gasteiger partial charge is 0.478 e. The fourth-order valence-electron chi connectivity index (χ4n) is 2.55. The molecule has 1 aromatic heterocycles. The number of ether oxygens (including phenoxy) is 1. The third kappa shape index (κ3) is 3.26. The molecule has 0 saturated carbocycles. The summed E-state index contributed by atoms with van der Waals surface area (Å²) in [6.45, 7) is -0.108. The second-order valence-corrected chi connectivity index (χ2v) is 5.23. The summed E-state index contributed by atoms with van der Waals surface area (Å²) in [5, 5.41) is 18.9. The van der Waals surface area contributed by atoms with Crippen molar-refractivity contribution in [2.45, 2.75) is 0 Å².